The molecule has 1 aromatic heterocycles. The van der Waals surface area contributed by atoms with Crippen molar-refractivity contribution in [2.24, 2.45) is 0 Å². The standard InChI is InChI=1S/C17H13ClF3NO3/c18-14-7-11(17(19,20)21)8-22-16(14)25-12-3-4-13-9(5-12)1-2-10(13)6-15(23)24/h3-5,7-8,10H,1-2,6H2,(H,23,24). The van der Waals surface area contributed by atoms with Crippen LogP contribution in [0, 0.1) is 0 Å². The molecule has 1 N–H and O–H groups in total. The molecule has 0 radical (unpaired) electrons. The topological polar surface area (TPSA) is 59.4 Å². The molecule has 0 aliphatic heterocycles. The Bertz CT molecular complexity index is 823. The first-order valence-corrected chi connectivity index (χ1v) is 7.87. The average Bonchev–Trinajstić information content (AvgIpc) is 2.90. The molecule has 0 fully saturated rings. The third-order valence-corrected chi connectivity index (χ3v) is 4.36. The summed E-state index contributed by atoms with van der Waals surface area (Å²) >= 11 is 5.83. The number of nitrogens with zero attached hydrogens (tertiary/aromatic N) is 1. The molecule has 0 saturated carbocycles. The monoisotopic (exact) mass is 371 g/mol. The molecular formula is C17H13ClF3NO3. The van der Waals surface area contributed by atoms with Gasteiger partial charge in [-0.1, -0.05) is 17.7 Å². The van der Waals surface area contributed by atoms with Crippen LogP contribution in [0.4, 0.5) is 13.2 Å². The summed E-state index contributed by atoms with van der Waals surface area (Å²) in [6.07, 6.45) is -2.33. The molecule has 1 atom stereocenters. The van der Waals surface area contributed by atoms with Crippen molar-refractivity contribution in [3.63, 3.8) is 0 Å². The first-order valence-electron chi connectivity index (χ1n) is 7.49. The van der Waals surface area contributed by atoms with Crippen molar-refractivity contribution in [3.05, 3.63) is 52.2 Å². The zero-order valence-corrected chi connectivity index (χ0v) is 13.6. The van der Waals surface area contributed by atoms with Gasteiger partial charge in [-0.05, 0) is 48.1 Å². The Hall–Kier alpha value is -2.28. The van der Waals surface area contributed by atoms with Crippen LogP contribution < -0.4 is 4.74 Å². The molecule has 1 heterocycles. The molecule has 0 amide bonds. The van der Waals surface area contributed by atoms with Gasteiger partial charge in [0.2, 0.25) is 5.88 Å². The SMILES string of the molecule is O=C(O)CC1CCc2cc(Oc3ncc(C(F)(F)F)cc3Cl)ccc21. The number of hydrogen-bond donors (Lipinski definition) is 1. The highest BCUT2D eigenvalue weighted by atomic mass is 35.5. The Morgan fingerprint density at radius 2 is 2.12 bits per heavy atom. The average molecular weight is 372 g/mol. The lowest BCUT2D eigenvalue weighted by molar-refractivity contribution is -0.138. The van der Waals surface area contributed by atoms with E-state index in [1.54, 1.807) is 18.2 Å². The molecule has 0 saturated heterocycles. The summed E-state index contributed by atoms with van der Waals surface area (Å²) in [7, 11) is 0. The number of carbonyl (C=O) groups is 1. The lowest BCUT2D eigenvalue weighted by Crippen LogP contribution is -2.05. The molecule has 2 aromatic rings. The minimum atomic E-state index is -4.53. The van der Waals surface area contributed by atoms with Gasteiger partial charge in [0.15, 0.2) is 0 Å². The van der Waals surface area contributed by atoms with E-state index in [0.29, 0.717) is 11.9 Å². The number of alkyl halides is 3. The molecule has 8 heteroatoms. The van der Waals surface area contributed by atoms with Gasteiger partial charge in [0.25, 0.3) is 0 Å². The van der Waals surface area contributed by atoms with Crippen molar-refractivity contribution in [2.75, 3.05) is 0 Å². The highest BCUT2D eigenvalue weighted by Crippen LogP contribution is 2.39. The van der Waals surface area contributed by atoms with Gasteiger partial charge < -0.3 is 9.84 Å². The van der Waals surface area contributed by atoms with Crippen molar-refractivity contribution in [2.45, 2.75) is 31.4 Å². The molecule has 0 spiro atoms. The molecule has 1 aliphatic rings. The Kier molecular flexibility index (Phi) is 4.60. The lowest BCUT2D eigenvalue weighted by Gasteiger charge is -2.12. The number of hydrogen-bond acceptors (Lipinski definition) is 3. The Labute approximate surface area is 146 Å². The van der Waals surface area contributed by atoms with Crippen molar-refractivity contribution < 1.29 is 27.8 Å². The van der Waals surface area contributed by atoms with Crippen molar-refractivity contribution in [1.82, 2.24) is 4.98 Å². The number of aliphatic carboxylic acids is 1. The van der Waals surface area contributed by atoms with E-state index in [9.17, 15) is 18.0 Å². The molecule has 132 valence electrons. The Balaban J connectivity index is 1.80. The van der Waals surface area contributed by atoms with Crippen molar-refractivity contribution in [3.8, 4) is 11.6 Å². The van der Waals surface area contributed by atoms with Gasteiger partial charge >= 0.3 is 12.1 Å². The Morgan fingerprint density at radius 1 is 1.36 bits per heavy atom. The maximum atomic E-state index is 12.6. The van der Waals surface area contributed by atoms with Gasteiger partial charge in [0, 0.05) is 6.20 Å². The molecule has 1 unspecified atom stereocenters. The number of carboxylic acids is 1. The number of carboxylic acid groups (broad SMARTS) is 1. The molecule has 4 nitrogen and oxygen atoms in total. The van der Waals surface area contributed by atoms with Crippen LogP contribution in [-0.4, -0.2) is 16.1 Å². The normalized spacial score (nSPS) is 16.6. The quantitative estimate of drug-likeness (QED) is 0.817. The summed E-state index contributed by atoms with van der Waals surface area (Å²) in [6, 6.07) is 5.92. The van der Waals surface area contributed by atoms with Crippen LogP contribution in [0.15, 0.2) is 30.5 Å². The molecule has 3 rings (SSSR count). The van der Waals surface area contributed by atoms with E-state index in [0.717, 1.165) is 30.0 Å². The van der Waals surface area contributed by atoms with E-state index in [-0.39, 0.29) is 23.2 Å². The fourth-order valence-electron chi connectivity index (χ4n) is 2.94. The van der Waals surface area contributed by atoms with Gasteiger partial charge in [0.1, 0.15) is 10.8 Å². The van der Waals surface area contributed by atoms with E-state index in [1.165, 1.54) is 0 Å². The summed E-state index contributed by atoms with van der Waals surface area (Å²) in [4.78, 5) is 14.5. The number of fused-ring (bicyclic) bond motifs is 1. The summed E-state index contributed by atoms with van der Waals surface area (Å²) in [5, 5.41) is 8.69. The Morgan fingerprint density at radius 3 is 2.76 bits per heavy atom. The summed E-state index contributed by atoms with van der Waals surface area (Å²) < 4.78 is 43.4. The maximum absolute atomic E-state index is 12.6. The smallest absolute Gasteiger partial charge is 0.417 e. The van der Waals surface area contributed by atoms with Gasteiger partial charge in [-0.25, -0.2) is 4.98 Å². The van der Waals surface area contributed by atoms with Crippen LogP contribution in [0.25, 0.3) is 0 Å². The van der Waals surface area contributed by atoms with Crippen LogP contribution in [0.3, 0.4) is 0 Å². The third kappa shape index (κ3) is 3.87. The molecular weight excluding hydrogens is 359 g/mol. The first kappa shape index (κ1) is 17.5. The van der Waals surface area contributed by atoms with Gasteiger partial charge in [-0.3, -0.25) is 4.79 Å². The number of aryl methyl sites for hydroxylation is 1. The van der Waals surface area contributed by atoms with Gasteiger partial charge in [0.05, 0.1) is 12.0 Å². The van der Waals surface area contributed by atoms with E-state index >= 15 is 0 Å². The zero-order chi connectivity index (χ0) is 18.2. The summed E-state index contributed by atoms with van der Waals surface area (Å²) in [6.45, 7) is 0. The minimum absolute atomic E-state index is 0.0330. The van der Waals surface area contributed by atoms with E-state index < -0.39 is 17.7 Å². The highest BCUT2D eigenvalue weighted by molar-refractivity contribution is 6.31. The fraction of sp³-hybridized carbons (Fsp3) is 0.294. The number of rotatable bonds is 4. The zero-order valence-electron chi connectivity index (χ0n) is 12.8. The second kappa shape index (κ2) is 6.55. The number of benzene rings is 1. The highest BCUT2D eigenvalue weighted by Gasteiger charge is 2.32. The predicted octanol–water partition coefficient (Wildman–Crippen LogP) is 5.05. The van der Waals surface area contributed by atoms with Crippen LogP contribution in [-0.2, 0) is 17.4 Å². The summed E-state index contributed by atoms with van der Waals surface area (Å²) in [5.41, 5.74) is 0.975. The van der Waals surface area contributed by atoms with Crippen molar-refractivity contribution in [1.29, 1.82) is 0 Å². The van der Waals surface area contributed by atoms with E-state index in [2.05, 4.69) is 4.98 Å². The largest absolute Gasteiger partial charge is 0.481 e. The second-order valence-corrected chi connectivity index (χ2v) is 6.21. The van der Waals surface area contributed by atoms with Crippen molar-refractivity contribution >= 4 is 17.6 Å². The van der Waals surface area contributed by atoms with E-state index in [1.807, 2.05) is 0 Å². The van der Waals surface area contributed by atoms with Crippen LogP contribution in [0.1, 0.15) is 35.4 Å². The van der Waals surface area contributed by atoms with E-state index in [4.69, 9.17) is 21.4 Å². The number of halogens is 4. The minimum Gasteiger partial charge on any atom is -0.481 e. The third-order valence-electron chi connectivity index (χ3n) is 4.09. The van der Waals surface area contributed by atoms with Crippen LogP contribution in [0.5, 0.6) is 11.6 Å². The molecule has 1 aliphatic carbocycles. The van der Waals surface area contributed by atoms with Crippen LogP contribution >= 0.6 is 11.6 Å². The fourth-order valence-corrected chi connectivity index (χ4v) is 3.14. The number of pyridine rings is 1. The number of aromatic nitrogens is 1. The predicted molar refractivity (Wildman–Crippen MR) is 84.1 cm³/mol. The molecule has 1 aromatic carbocycles. The van der Waals surface area contributed by atoms with Gasteiger partial charge in [-0.2, -0.15) is 13.2 Å². The lowest BCUT2D eigenvalue weighted by atomic mass is 9.98. The maximum Gasteiger partial charge on any atom is 0.417 e. The van der Waals surface area contributed by atoms with Crippen LogP contribution in [0.2, 0.25) is 5.02 Å². The number of ether oxygens (including phenoxy) is 1. The first-order chi connectivity index (χ1) is 11.7. The second-order valence-electron chi connectivity index (χ2n) is 5.80. The molecule has 25 heavy (non-hydrogen) atoms. The molecule has 0 bridgehead atoms. The summed E-state index contributed by atoms with van der Waals surface area (Å²) in [5.74, 6) is -0.605. The van der Waals surface area contributed by atoms with Gasteiger partial charge in [-0.15, -0.1) is 0 Å².